The lowest BCUT2D eigenvalue weighted by Crippen LogP contribution is -2.25. The first-order valence-electron chi connectivity index (χ1n) is 3.93. The first-order chi connectivity index (χ1) is 6.56. The molecular weight excluding hydrogens is 248 g/mol. The summed E-state index contributed by atoms with van der Waals surface area (Å²) in [4.78, 5) is 16.4. The van der Waals surface area contributed by atoms with Gasteiger partial charge in [-0.2, -0.15) is 0 Å². The topological polar surface area (TPSA) is 55.6 Å². The quantitative estimate of drug-likeness (QED) is 0.649. The van der Waals surface area contributed by atoms with E-state index in [1.807, 2.05) is 0 Å². The first-order valence-corrected chi connectivity index (χ1v) is 4.72. The van der Waals surface area contributed by atoms with E-state index in [0.717, 1.165) is 5.06 Å². The predicted octanol–water partition coefficient (Wildman–Crippen LogP) is 1.66. The van der Waals surface area contributed by atoms with E-state index >= 15 is 0 Å². The fourth-order valence-electron chi connectivity index (χ4n) is 0.959. The maximum absolute atomic E-state index is 11.7. The van der Waals surface area contributed by atoms with Crippen LogP contribution < -0.4 is 5.73 Å². The van der Waals surface area contributed by atoms with Gasteiger partial charge in [-0.15, -0.1) is 0 Å². The van der Waals surface area contributed by atoms with Gasteiger partial charge in [0.2, 0.25) is 0 Å². The molecule has 1 amide bonds. The molecule has 0 aliphatic heterocycles. The van der Waals surface area contributed by atoms with E-state index in [9.17, 15) is 4.79 Å². The highest BCUT2D eigenvalue weighted by atomic mass is 79.9. The molecule has 0 saturated carbocycles. The van der Waals surface area contributed by atoms with Crippen LogP contribution in [-0.4, -0.2) is 25.1 Å². The zero-order valence-corrected chi connectivity index (χ0v) is 9.54. The number of hydrogen-bond donors (Lipinski definition) is 1. The standard InChI is InChI=1S/C9H11BrN2O2/c1-12(14-2)9(13)7-5-6(11)3-4-8(7)10/h3-5H,11H2,1-2H3. The highest BCUT2D eigenvalue weighted by molar-refractivity contribution is 9.10. The van der Waals surface area contributed by atoms with Crippen LogP contribution in [0.1, 0.15) is 10.4 Å². The van der Waals surface area contributed by atoms with Gasteiger partial charge >= 0.3 is 0 Å². The van der Waals surface area contributed by atoms with Gasteiger partial charge in [0.15, 0.2) is 0 Å². The van der Waals surface area contributed by atoms with Crippen molar-refractivity contribution in [3.63, 3.8) is 0 Å². The van der Waals surface area contributed by atoms with E-state index in [0.29, 0.717) is 15.7 Å². The number of carbonyl (C=O) groups is 1. The van der Waals surface area contributed by atoms with Crippen molar-refractivity contribution in [2.45, 2.75) is 0 Å². The van der Waals surface area contributed by atoms with Crippen LogP contribution in [0.5, 0.6) is 0 Å². The van der Waals surface area contributed by atoms with E-state index in [1.54, 1.807) is 18.2 Å². The number of nitrogens with zero attached hydrogens (tertiary/aromatic N) is 1. The molecular formula is C9H11BrN2O2. The Bertz CT molecular complexity index is 355. The molecule has 0 aromatic heterocycles. The van der Waals surface area contributed by atoms with E-state index in [4.69, 9.17) is 10.6 Å². The van der Waals surface area contributed by atoms with Crippen molar-refractivity contribution >= 4 is 27.5 Å². The molecule has 0 aliphatic carbocycles. The summed E-state index contributed by atoms with van der Waals surface area (Å²) in [6.07, 6.45) is 0. The van der Waals surface area contributed by atoms with Gasteiger partial charge in [0.1, 0.15) is 0 Å². The van der Waals surface area contributed by atoms with Crippen LogP contribution >= 0.6 is 15.9 Å². The van der Waals surface area contributed by atoms with E-state index < -0.39 is 0 Å². The molecule has 1 rings (SSSR count). The Labute approximate surface area is 90.7 Å². The molecule has 0 spiro atoms. The third kappa shape index (κ3) is 2.24. The second-order valence-electron chi connectivity index (χ2n) is 2.72. The zero-order chi connectivity index (χ0) is 10.7. The lowest BCUT2D eigenvalue weighted by atomic mass is 10.2. The second-order valence-corrected chi connectivity index (χ2v) is 3.58. The molecule has 0 saturated heterocycles. The van der Waals surface area contributed by atoms with Gasteiger partial charge in [-0.25, -0.2) is 5.06 Å². The minimum Gasteiger partial charge on any atom is -0.399 e. The van der Waals surface area contributed by atoms with Gasteiger partial charge in [0.05, 0.1) is 12.7 Å². The fraction of sp³-hybridized carbons (Fsp3) is 0.222. The van der Waals surface area contributed by atoms with Gasteiger partial charge in [-0.3, -0.25) is 9.63 Å². The molecule has 76 valence electrons. The van der Waals surface area contributed by atoms with Gasteiger partial charge in [0.25, 0.3) is 5.91 Å². The third-order valence-electron chi connectivity index (χ3n) is 1.78. The fourth-order valence-corrected chi connectivity index (χ4v) is 1.38. The predicted molar refractivity (Wildman–Crippen MR) is 57.7 cm³/mol. The van der Waals surface area contributed by atoms with E-state index in [2.05, 4.69) is 15.9 Å². The largest absolute Gasteiger partial charge is 0.399 e. The van der Waals surface area contributed by atoms with Crippen LogP contribution in [0.3, 0.4) is 0 Å². The number of rotatable bonds is 2. The summed E-state index contributed by atoms with van der Waals surface area (Å²) in [5.41, 5.74) is 6.60. The number of hydroxylamine groups is 2. The van der Waals surface area contributed by atoms with Crippen molar-refractivity contribution in [3.05, 3.63) is 28.2 Å². The minimum atomic E-state index is -0.244. The Morgan fingerprint density at radius 1 is 1.57 bits per heavy atom. The van der Waals surface area contributed by atoms with Crippen LogP contribution in [0.4, 0.5) is 5.69 Å². The molecule has 0 bridgehead atoms. The van der Waals surface area contributed by atoms with Crippen molar-refractivity contribution in [2.24, 2.45) is 0 Å². The number of benzene rings is 1. The smallest absolute Gasteiger partial charge is 0.278 e. The van der Waals surface area contributed by atoms with Crippen LogP contribution in [0.15, 0.2) is 22.7 Å². The number of nitrogen functional groups attached to an aromatic ring is 1. The van der Waals surface area contributed by atoms with Gasteiger partial charge in [0, 0.05) is 17.2 Å². The monoisotopic (exact) mass is 258 g/mol. The average Bonchev–Trinajstić information content (AvgIpc) is 2.19. The number of carbonyl (C=O) groups excluding carboxylic acids is 1. The minimum absolute atomic E-state index is 0.244. The molecule has 4 nitrogen and oxygen atoms in total. The Hall–Kier alpha value is -1.07. The van der Waals surface area contributed by atoms with Crippen molar-refractivity contribution in [1.29, 1.82) is 0 Å². The van der Waals surface area contributed by atoms with Gasteiger partial charge in [-0.1, -0.05) is 0 Å². The van der Waals surface area contributed by atoms with Crippen molar-refractivity contribution < 1.29 is 9.63 Å². The number of anilines is 1. The molecule has 1 aromatic carbocycles. The Morgan fingerprint density at radius 3 is 2.79 bits per heavy atom. The van der Waals surface area contributed by atoms with Crippen molar-refractivity contribution in [1.82, 2.24) is 5.06 Å². The summed E-state index contributed by atoms with van der Waals surface area (Å²) in [5.74, 6) is -0.244. The SMILES string of the molecule is CON(C)C(=O)c1cc(N)ccc1Br. The highest BCUT2D eigenvalue weighted by Crippen LogP contribution is 2.20. The third-order valence-corrected chi connectivity index (χ3v) is 2.47. The molecule has 0 aliphatic rings. The second kappa shape index (κ2) is 4.43. The Morgan fingerprint density at radius 2 is 2.21 bits per heavy atom. The molecule has 1 aromatic rings. The molecule has 0 radical (unpaired) electrons. The summed E-state index contributed by atoms with van der Waals surface area (Å²) in [6, 6.07) is 5.04. The van der Waals surface area contributed by atoms with E-state index in [-0.39, 0.29) is 5.91 Å². The number of hydrogen-bond acceptors (Lipinski definition) is 3. The van der Waals surface area contributed by atoms with Crippen molar-refractivity contribution in [3.8, 4) is 0 Å². The van der Waals surface area contributed by atoms with Gasteiger partial charge < -0.3 is 5.73 Å². The molecule has 0 heterocycles. The molecule has 14 heavy (non-hydrogen) atoms. The molecule has 2 N–H and O–H groups in total. The van der Waals surface area contributed by atoms with E-state index in [1.165, 1.54) is 14.2 Å². The maximum atomic E-state index is 11.7. The Kier molecular flexibility index (Phi) is 3.49. The summed E-state index contributed by atoms with van der Waals surface area (Å²) < 4.78 is 0.695. The lowest BCUT2D eigenvalue weighted by molar-refractivity contribution is -0.0757. The van der Waals surface area contributed by atoms with Gasteiger partial charge in [-0.05, 0) is 34.1 Å². The first kappa shape index (κ1) is 11.0. The van der Waals surface area contributed by atoms with Crippen LogP contribution in [0, 0.1) is 0 Å². The van der Waals surface area contributed by atoms with Crippen LogP contribution in [0.25, 0.3) is 0 Å². The number of nitrogens with two attached hydrogens (primary N) is 1. The van der Waals surface area contributed by atoms with Crippen LogP contribution in [-0.2, 0) is 4.84 Å². The average molecular weight is 259 g/mol. The molecule has 0 unspecified atom stereocenters. The molecule has 0 fully saturated rings. The lowest BCUT2D eigenvalue weighted by Gasteiger charge is -2.14. The maximum Gasteiger partial charge on any atom is 0.278 e. The molecule has 5 heteroatoms. The highest BCUT2D eigenvalue weighted by Gasteiger charge is 2.14. The Balaban J connectivity index is 3.06. The summed E-state index contributed by atoms with van der Waals surface area (Å²) >= 11 is 3.27. The zero-order valence-electron chi connectivity index (χ0n) is 7.95. The van der Waals surface area contributed by atoms with Crippen molar-refractivity contribution in [2.75, 3.05) is 19.9 Å². The van der Waals surface area contributed by atoms with Crippen LogP contribution in [0.2, 0.25) is 0 Å². The summed E-state index contributed by atoms with van der Waals surface area (Å²) in [7, 11) is 2.97. The number of halogens is 1. The summed E-state index contributed by atoms with van der Waals surface area (Å²) in [6.45, 7) is 0. The normalized spacial score (nSPS) is 9.93. The number of amides is 1. The summed E-state index contributed by atoms with van der Waals surface area (Å²) in [5, 5.41) is 1.14. The molecule has 0 atom stereocenters.